The van der Waals surface area contributed by atoms with Crippen molar-refractivity contribution in [2.45, 2.75) is 25.7 Å². The Morgan fingerprint density at radius 3 is 2.06 bits per heavy atom. The normalized spacial score (nSPS) is 16.3. The van der Waals surface area contributed by atoms with Crippen LogP contribution in [-0.2, 0) is 17.5 Å². The Bertz CT molecular complexity index is 1110. The molecule has 1 aliphatic heterocycles. The molecule has 0 bridgehead atoms. The first-order valence-corrected chi connectivity index (χ1v) is 9.72. The van der Waals surface area contributed by atoms with Gasteiger partial charge in [-0.1, -0.05) is 42.5 Å². The second kappa shape index (κ2) is 7.91. The number of para-hydroxylation sites is 2. The maximum Gasteiger partial charge on any atom is 0.416 e. The number of hydrogen-bond acceptors (Lipinski definition) is 2. The first kappa shape index (κ1) is 20.7. The minimum absolute atomic E-state index is 0.103. The van der Waals surface area contributed by atoms with Gasteiger partial charge in [0.25, 0.3) is 5.91 Å². The van der Waals surface area contributed by atoms with E-state index in [1.165, 1.54) is 21.9 Å². The summed E-state index contributed by atoms with van der Waals surface area (Å²) in [4.78, 5) is 29.4. The van der Waals surface area contributed by atoms with Gasteiger partial charge in [0.1, 0.15) is 6.04 Å². The molecule has 0 unspecified atom stereocenters. The lowest BCUT2D eigenvalue weighted by Crippen LogP contribution is -2.54. The lowest BCUT2D eigenvalue weighted by Gasteiger charge is -2.40. The van der Waals surface area contributed by atoms with Crippen molar-refractivity contribution in [3.63, 3.8) is 0 Å². The van der Waals surface area contributed by atoms with E-state index in [-0.39, 0.29) is 18.4 Å². The van der Waals surface area contributed by atoms with Crippen LogP contribution in [0.5, 0.6) is 0 Å². The topological polar surface area (TPSA) is 40.6 Å². The van der Waals surface area contributed by atoms with E-state index in [9.17, 15) is 22.8 Å². The van der Waals surface area contributed by atoms with Gasteiger partial charge in [0, 0.05) is 5.56 Å². The predicted molar refractivity (Wildman–Crippen MR) is 112 cm³/mol. The molecule has 0 N–H and O–H groups in total. The van der Waals surface area contributed by atoms with E-state index in [0.29, 0.717) is 22.5 Å². The van der Waals surface area contributed by atoms with Crippen LogP contribution in [0.3, 0.4) is 0 Å². The van der Waals surface area contributed by atoms with Gasteiger partial charge in [-0.05, 0) is 48.9 Å². The number of fused-ring (bicyclic) bond motifs is 1. The number of rotatable bonds is 3. The highest BCUT2D eigenvalue weighted by atomic mass is 19.4. The lowest BCUT2D eigenvalue weighted by atomic mass is 10.0. The molecular formula is C24H19F3N2O2. The Morgan fingerprint density at radius 2 is 1.45 bits per heavy atom. The van der Waals surface area contributed by atoms with Crippen LogP contribution in [0.4, 0.5) is 24.5 Å². The predicted octanol–water partition coefficient (Wildman–Crippen LogP) is 5.29. The summed E-state index contributed by atoms with van der Waals surface area (Å²) in [5, 5.41) is 0. The summed E-state index contributed by atoms with van der Waals surface area (Å²) in [7, 11) is 0. The van der Waals surface area contributed by atoms with Crippen molar-refractivity contribution in [2.24, 2.45) is 0 Å². The number of amides is 2. The van der Waals surface area contributed by atoms with Gasteiger partial charge >= 0.3 is 6.18 Å². The number of halogens is 3. The maximum absolute atomic E-state index is 13.2. The Labute approximate surface area is 177 Å². The summed E-state index contributed by atoms with van der Waals surface area (Å²) >= 11 is 0. The summed E-state index contributed by atoms with van der Waals surface area (Å²) in [6.07, 6.45) is -4.42. The SMILES string of the molecule is C[C@@H]1C(=O)N(Cc2ccc(C(F)(F)F)cc2)c2ccccc2N1C(=O)c1ccccc1. The fraction of sp³-hybridized carbons (Fsp3) is 0.167. The van der Waals surface area contributed by atoms with Gasteiger partial charge in [-0.3, -0.25) is 14.5 Å². The molecule has 0 aliphatic carbocycles. The van der Waals surface area contributed by atoms with Crippen molar-refractivity contribution in [3.8, 4) is 0 Å². The zero-order valence-electron chi connectivity index (χ0n) is 16.6. The Balaban J connectivity index is 1.69. The highest BCUT2D eigenvalue weighted by molar-refractivity contribution is 6.17. The molecule has 0 saturated heterocycles. The zero-order chi connectivity index (χ0) is 22.2. The van der Waals surface area contributed by atoms with Crippen LogP contribution in [0.1, 0.15) is 28.4 Å². The second-order valence-electron chi connectivity index (χ2n) is 7.32. The minimum atomic E-state index is -4.42. The number of anilines is 2. The summed E-state index contributed by atoms with van der Waals surface area (Å²) in [6, 6.07) is 19.7. The van der Waals surface area contributed by atoms with Gasteiger partial charge in [0.05, 0.1) is 23.5 Å². The second-order valence-corrected chi connectivity index (χ2v) is 7.32. The van der Waals surface area contributed by atoms with Crippen LogP contribution in [-0.4, -0.2) is 17.9 Å². The molecule has 0 aromatic heterocycles. The van der Waals surface area contributed by atoms with Crippen LogP contribution >= 0.6 is 0 Å². The smallest absolute Gasteiger partial charge is 0.304 e. The van der Waals surface area contributed by atoms with E-state index in [1.807, 2.05) is 0 Å². The molecule has 31 heavy (non-hydrogen) atoms. The quantitative estimate of drug-likeness (QED) is 0.574. The number of hydrogen-bond donors (Lipinski definition) is 0. The Morgan fingerprint density at radius 1 is 0.871 bits per heavy atom. The molecule has 2 amide bonds. The van der Waals surface area contributed by atoms with E-state index in [1.54, 1.807) is 61.5 Å². The van der Waals surface area contributed by atoms with Crippen molar-refractivity contribution < 1.29 is 22.8 Å². The third kappa shape index (κ3) is 3.91. The molecule has 1 heterocycles. The Hall–Kier alpha value is -3.61. The number of nitrogens with zero attached hydrogens (tertiary/aromatic N) is 2. The molecule has 3 aromatic carbocycles. The first-order chi connectivity index (χ1) is 14.8. The van der Waals surface area contributed by atoms with Crippen molar-refractivity contribution >= 4 is 23.2 Å². The first-order valence-electron chi connectivity index (χ1n) is 9.72. The molecule has 3 aromatic rings. The van der Waals surface area contributed by atoms with E-state index in [2.05, 4.69) is 0 Å². The van der Waals surface area contributed by atoms with Crippen molar-refractivity contribution in [2.75, 3.05) is 9.80 Å². The van der Waals surface area contributed by atoms with Gasteiger partial charge in [0.15, 0.2) is 0 Å². The van der Waals surface area contributed by atoms with E-state index in [4.69, 9.17) is 0 Å². The summed E-state index contributed by atoms with van der Waals surface area (Å²) in [5.41, 5.74) is 1.40. The maximum atomic E-state index is 13.2. The standard InChI is InChI=1S/C24H19F3N2O2/c1-16-22(30)28(15-17-11-13-19(14-12-17)24(25,26)27)20-9-5-6-10-21(20)29(16)23(31)18-7-3-2-4-8-18/h2-14,16H,15H2,1H3/t16-/m1/s1. The third-order valence-electron chi connectivity index (χ3n) is 5.30. The minimum Gasteiger partial charge on any atom is -0.304 e. The highest BCUT2D eigenvalue weighted by Crippen LogP contribution is 2.38. The molecule has 0 saturated carbocycles. The van der Waals surface area contributed by atoms with Gasteiger partial charge in [-0.15, -0.1) is 0 Å². The van der Waals surface area contributed by atoms with Crippen LogP contribution in [0.15, 0.2) is 78.9 Å². The number of benzene rings is 3. The molecule has 158 valence electrons. The molecule has 0 radical (unpaired) electrons. The van der Waals surface area contributed by atoms with E-state index < -0.39 is 17.8 Å². The van der Waals surface area contributed by atoms with Gasteiger partial charge in [-0.25, -0.2) is 0 Å². The molecule has 7 heteroatoms. The highest BCUT2D eigenvalue weighted by Gasteiger charge is 2.39. The molecule has 1 atom stereocenters. The average molecular weight is 424 g/mol. The lowest BCUT2D eigenvalue weighted by molar-refractivity contribution is -0.137. The average Bonchev–Trinajstić information content (AvgIpc) is 2.77. The largest absolute Gasteiger partial charge is 0.416 e. The molecule has 0 fully saturated rings. The van der Waals surface area contributed by atoms with Crippen molar-refractivity contribution in [1.82, 2.24) is 0 Å². The van der Waals surface area contributed by atoms with Crippen molar-refractivity contribution in [1.29, 1.82) is 0 Å². The number of carbonyl (C=O) groups excluding carboxylic acids is 2. The van der Waals surface area contributed by atoms with E-state index >= 15 is 0 Å². The van der Waals surface area contributed by atoms with Gasteiger partial charge in [-0.2, -0.15) is 13.2 Å². The molecule has 0 spiro atoms. The molecule has 4 rings (SSSR count). The number of carbonyl (C=O) groups is 2. The third-order valence-corrected chi connectivity index (χ3v) is 5.30. The fourth-order valence-electron chi connectivity index (χ4n) is 3.71. The summed E-state index contributed by atoms with van der Waals surface area (Å²) < 4.78 is 38.5. The summed E-state index contributed by atoms with van der Waals surface area (Å²) in [5.74, 6) is -0.592. The fourth-order valence-corrected chi connectivity index (χ4v) is 3.71. The van der Waals surface area contributed by atoms with E-state index in [0.717, 1.165) is 12.1 Å². The molecular weight excluding hydrogens is 405 g/mol. The van der Waals surface area contributed by atoms with Crippen LogP contribution in [0.2, 0.25) is 0 Å². The molecule has 4 nitrogen and oxygen atoms in total. The van der Waals surface area contributed by atoms with Crippen LogP contribution in [0, 0.1) is 0 Å². The van der Waals surface area contributed by atoms with Crippen LogP contribution in [0.25, 0.3) is 0 Å². The Kier molecular flexibility index (Phi) is 5.27. The van der Waals surface area contributed by atoms with Crippen LogP contribution < -0.4 is 9.80 Å². The van der Waals surface area contributed by atoms with Gasteiger partial charge < -0.3 is 4.90 Å². The number of alkyl halides is 3. The van der Waals surface area contributed by atoms with Crippen molar-refractivity contribution in [3.05, 3.63) is 95.6 Å². The zero-order valence-corrected chi connectivity index (χ0v) is 16.6. The monoisotopic (exact) mass is 424 g/mol. The van der Waals surface area contributed by atoms with Gasteiger partial charge in [0.2, 0.25) is 5.91 Å². The molecule has 1 aliphatic rings. The summed E-state index contributed by atoms with van der Waals surface area (Å²) in [6.45, 7) is 1.75.